The van der Waals surface area contributed by atoms with Crippen LogP contribution in [-0.2, 0) is 28.6 Å². The van der Waals surface area contributed by atoms with Crippen molar-refractivity contribution in [1.29, 1.82) is 0 Å². The Morgan fingerprint density at radius 3 is 0.896 bits per heavy atom. The van der Waals surface area contributed by atoms with Crippen LogP contribution in [0.5, 0.6) is 0 Å². The van der Waals surface area contributed by atoms with Gasteiger partial charge in [0.1, 0.15) is 13.2 Å². The molecule has 0 aliphatic carbocycles. The number of allylic oxidation sites excluding steroid dienone is 14. The van der Waals surface area contributed by atoms with Crippen LogP contribution in [0.3, 0.4) is 0 Å². The van der Waals surface area contributed by atoms with Gasteiger partial charge in [-0.1, -0.05) is 228 Å². The average Bonchev–Trinajstić information content (AvgIpc) is 3.33. The van der Waals surface area contributed by atoms with E-state index in [1.54, 1.807) is 0 Å². The first kappa shape index (κ1) is 63.6. The number of rotatable bonds is 50. The van der Waals surface area contributed by atoms with Crippen molar-refractivity contribution in [1.82, 2.24) is 0 Å². The van der Waals surface area contributed by atoms with Crippen molar-refractivity contribution >= 4 is 17.9 Å². The monoisotopic (exact) mass is 933 g/mol. The molecule has 67 heavy (non-hydrogen) atoms. The lowest BCUT2D eigenvalue weighted by atomic mass is 10.0. The normalized spacial score (nSPS) is 12.7. The molecule has 0 fully saturated rings. The van der Waals surface area contributed by atoms with Gasteiger partial charge in [-0.05, 0) is 103 Å². The van der Waals surface area contributed by atoms with Gasteiger partial charge in [0.25, 0.3) is 0 Å². The molecule has 0 saturated heterocycles. The Kier molecular flexibility index (Phi) is 52.4. The molecule has 0 aromatic heterocycles. The van der Waals surface area contributed by atoms with Crippen LogP contribution in [0, 0.1) is 0 Å². The lowest BCUT2D eigenvalue weighted by molar-refractivity contribution is -0.167. The summed E-state index contributed by atoms with van der Waals surface area (Å²) in [4.78, 5) is 38.1. The zero-order valence-electron chi connectivity index (χ0n) is 43.9. The fraction of sp³-hybridized carbons (Fsp3) is 0.721. The van der Waals surface area contributed by atoms with Crippen molar-refractivity contribution in [2.24, 2.45) is 0 Å². The molecule has 0 aliphatic rings. The van der Waals surface area contributed by atoms with Gasteiger partial charge in [-0.25, -0.2) is 0 Å². The molecule has 0 radical (unpaired) electrons. The van der Waals surface area contributed by atoms with Crippen molar-refractivity contribution in [2.45, 2.75) is 271 Å². The molecule has 0 saturated carbocycles. The summed E-state index contributed by atoms with van der Waals surface area (Å²) in [6, 6.07) is 0. The molecule has 0 aromatic carbocycles. The minimum absolute atomic E-state index is 0.101. The summed E-state index contributed by atoms with van der Waals surface area (Å²) in [6.07, 6.45) is 71.4. The fourth-order valence-corrected chi connectivity index (χ4v) is 7.61. The van der Waals surface area contributed by atoms with Crippen LogP contribution >= 0.6 is 0 Å². The third-order valence-corrected chi connectivity index (χ3v) is 11.9. The highest BCUT2D eigenvalue weighted by molar-refractivity contribution is 5.71. The molecule has 0 heterocycles. The second kappa shape index (κ2) is 55.2. The standard InChI is InChI=1S/C61H104O6/c1-4-7-10-13-16-19-22-25-28-29-30-31-34-36-39-42-45-48-51-54-60(63)66-57-58(67-61(64)55-52-49-46-43-40-37-33-27-24-21-18-15-12-9-6-3)56-65-59(62)53-50-47-44-41-38-35-32-26-23-20-17-14-11-8-5-2/h16,18-19,21,25,27-28,30-31,33,36,39-40,43,58H,4-15,17,20,22-24,26,29,32,34-35,37-38,41-42,44-57H2,1-3H3/b19-16-,21-18-,28-25-,31-30-,33-27-,39-36-,43-40-/t58-/m0/s1. The van der Waals surface area contributed by atoms with E-state index in [9.17, 15) is 14.4 Å². The van der Waals surface area contributed by atoms with Crippen molar-refractivity contribution in [3.8, 4) is 0 Å². The zero-order chi connectivity index (χ0) is 48.6. The molecule has 0 aromatic rings. The lowest BCUT2D eigenvalue weighted by Gasteiger charge is -2.18. The van der Waals surface area contributed by atoms with E-state index in [0.29, 0.717) is 19.3 Å². The van der Waals surface area contributed by atoms with E-state index < -0.39 is 6.10 Å². The first-order valence-electron chi connectivity index (χ1n) is 28.1. The van der Waals surface area contributed by atoms with E-state index in [1.165, 1.54) is 128 Å². The number of carbonyl (C=O) groups excluding carboxylic acids is 3. The van der Waals surface area contributed by atoms with E-state index in [0.717, 1.165) is 89.9 Å². The quantitative estimate of drug-likeness (QED) is 0.0262. The largest absolute Gasteiger partial charge is 0.462 e. The smallest absolute Gasteiger partial charge is 0.306 e. The van der Waals surface area contributed by atoms with Crippen LogP contribution in [0.1, 0.15) is 265 Å². The van der Waals surface area contributed by atoms with Crippen molar-refractivity contribution in [2.75, 3.05) is 13.2 Å². The molecule has 0 aliphatic heterocycles. The Morgan fingerprint density at radius 2 is 0.537 bits per heavy atom. The molecule has 6 heteroatoms. The predicted octanol–water partition coefficient (Wildman–Crippen LogP) is 18.8. The van der Waals surface area contributed by atoms with E-state index >= 15 is 0 Å². The summed E-state index contributed by atoms with van der Waals surface area (Å²) in [7, 11) is 0. The maximum atomic E-state index is 12.8. The van der Waals surface area contributed by atoms with E-state index in [1.807, 2.05) is 0 Å². The average molecular weight is 933 g/mol. The minimum atomic E-state index is -0.809. The molecule has 1 atom stereocenters. The summed E-state index contributed by atoms with van der Waals surface area (Å²) in [5.41, 5.74) is 0. The van der Waals surface area contributed by atoms with Crippen LogP contribution in [0.2, 0.25) is 0 Å². The van der Waals surface area contributed by atoms with Gasteiger partial charge < -0.3 is 14.2 Å². The second-order valence-corrected chi connectivity index (χ2v) is 18.5. The maximum absolute atomic E-state index is 12.8. The summed E-state index contributed by atoms with van der Waals surface area (Å²) in [6.45, 7) is 6.53. The molecule has 0 amide bonds. The van der Waals surface area contributed by atoms with E-state index in [4.69, 9.17) is 14.2 Å². The third-order valence-electron chi connectivity index (χ3n) is 11.9. The molecule has 0 bridgehead atoms. The maximum Gasteiger partial charge on any atom is 0.306 e. The summed E-state index contributed by atoms with van der Waals surface area (Å²) >= 11 is 0. The first-order chi connectivity index (χ1) is 33.0. The van der Waals surface area contributed by atoms with Crippen molar-refractivity contribution < 1.29 is 28.6 Å². The molecular formula is C61H104O6. The van der Waals surface area contributed by atoms with E-state index in [-0.39, 0.29) is 37.5 Å². The number of esters is 3. The van der Waals surface area contributed by atoms with Gasteiger partial charge in [-0.2, -0.15) is 0 Å². The highest BCUT2D eigenvalue weighted by atomic mass is 16.6. The topological polar surface area (TPSA) is 78.9 Å². The van der Waals surface area contributed by atoms with Gasteiger partial charge in [0, 0.05) is 19.3 Å². The zero-order valence-corrected chi connectivity index (χ0v) is 43.9. The number of hydrogen-bond acceptors (Lipinski definition) is 6. The summed E-state index contributed by atoms with van der Waals surface area (Å²) < 4.78 is 16.8. The lowest BCUT2D eigenvalue weighted by Crippen LogP contribution is -2.30. The highest BCUT2D eigenvalue weighted by Crippen LogP contribution is 2.15. The molecule has 0 rings (SSSR count). The van der Waals surface area contributed by atoms with Gasteiger partial charge in [0.2, 0.25) is 0 Å². The highest BCUT2D eigenvalue weighted by Gasteiger charge is 2.19. The molecule has 0 N–H and O–H groups in total. The molecule has 0 unspecified atom stereocenters. The molecule has 0 spiro atoms. The molecule has 384 valence electrons. The molecule has 6 nitrogen and oxygen atoms in total. The van der Waals surface area contributed by atoms with Gasteiger partial charge in [0.05, 0.1) is 0 Å². The van der Waals surface area contributed by atoms with Crippen LogP contribution in [0.15, 0.2) is 85.1 Å². The van der Waals surface area contributed by atoms with Gasteiger partial charge in [0.15, 0.2) is 6.10 Å². The second-order valence-electron chi connectivity index (χ2n) is 18.5. The SMILES string of the molecule is CCCCC/C=C\C/C=C\C/C=C\C/C=C\CCCCCC(=O)OC[C@H](COC(=O)CCCCCCCCCCCCCCCCC)OC(=O)CCCC/C=C\C/C=C\C/C=C\CCCCC. The Balaban J connectivity index is 4.49. The number of ether oxygens (including phenoxy) is 3. The van der Waals surface area contributed by atoms with Gasteiger partial charge in [-0.15, -0.1) is 0 Å². The van der Waals surface area contributed by atoms with Crippen LogP contribution in [0.25, 0.3) is 0 Å². The number of hydrogen-bond donors (Lipinski definition) is 0. The number of unbranched alkanes of at least 4 members (excludes halogenated alkanes) is 25. The Morgan fingerprint density at radius 1 is 0.299 bits per heavy atom. The van der Waals surface area contributed by atoms with Crippen molar-refractivity contribution in [3.63, 3.8) is 0 Å². The Bertz CT molecular complexity index is 1300. The van der Waals surface area contributed by atoms with E-state index in [2.05, 4.69) is 106 Å². The predicted molar refractivity (Wildman–Crippen MR) is 288 cm³/mol. The van der Waals surface area contributed by atoms with Gasteiger partial charge >= 0.3 is 17.9 Å². The summed E-state index contributed by atoms with van der Waals surface area (Å²) in [5.74, 6) is -0.967. The minimum Gasteiger partial charge on any atom is -0.462 e. The summed E-state index contributed by atoms with van der Waals surface area (Å²) in [5, 5.41) is 0. The van der Waals surface area contributed by atoms with Crippen LogP contribution in [0.4, 0.5) is 0 Å². The van der Waals surface area contributed by atoms with Crippen molar-refractivity contribution in [3.05, 3.63) is 85.1 Å². The molecular weight excluding hydrogens is 829 g/mol. The van der Waals surface area contributed by atoms with Crippen LogP contribution < -0.4 is 0 Å². The third kappa shape index (κ3) is 53.4. The fourth-order valence-electron chi connectivity index (χ4n) is 7.61. The van der Waals surface area contributed by atoms with Gasteiger partial charge in [-0.3, -0.25) is 14.4 Å². The Labute approximate surface area is 414 Å². The van der Waals surface area contributed by atoms with Crippen LogP contribution in [-0.4, -0.2) is 37.2 Å². The first-order valence-corrected chi connectivity index (χ1v) is 28.1. The number of carbonyl (C=O) groups is 3. The Hall–Kier alpha value is -3.41.